The van der Waals surface area contributed by atoms with E-state index in [4.69, 9.17) is 11.6 Å². The Hall–Kier alpha value is -0.580. The second-order valence-corrected chi connectivity index (χ2v) is 6.94. The van der Waals surface area contributed by atoms with E-state index in [0.717, 1.165) is 6.42 Å². The van der Waals surface area contributed by atoms with E-state index in [1.54, 1.807) is 12.1 Å². The lowest BCUT2D eigenvalue weighted by molar-refractivity contribution is 0.181. The van der Waals surface area contributed by atoms with E-state index in [1.807, 2.05) is 0 Å². The van der Waals surface area contributed by atoms with Crippen LogP contribution in [0.2, 0.25) is 5.02 Å². The third-order valence-corrected chi connectivity index (χ3v) is 6.02. The summed E-state index contributed by atoms with van der Waals surface area (Å²) >= 11 is 5.78. The lowest BCUT2D eigenvalue weighted by Crippen LogP contribution is -2.48. The summed E-state index contributed by atoms with van der Waals surface area (Å²) in [5.74, 6) is 0. The number of hydrogen-bond acceptors (Lipinski definition) is 3. The third kappa shape index (κ3) is 1.65. The molecule has 1 aromatic carbocycles. The maximum absolute atomic E-state index is 12.3. The van der Waals surface area contributed by atoms with Gasteiger partial charge in [-0.3, -0.25) is 0 Å². The van der Waals surface area contributed by atoms with Crippen LogP contribution in [0.4, 0.5) is 0 Å². The summed E-state index contributed by atoms with van der Waals surface area (Å²) in [6.07, 6.45) is 1.90. The highest BCUT2D eigenvalue weighted by Crippen LogP contribution is 2.42. The summed E-state index contributed by atoms with van der Waals surface area (Å²) in [5, 5.41) is 9.69. The molecule has 1 aromatic rings. The maximum atomic E-state index is 12.3. The summed E-state index contributed by atoms with van der Waals surface area (Å²) in [6.45, 7) is -0.318. The van der Waals surface area contributed by atoms with Crippen molar-refractivity contribution >= 4 is 21.4 Å². The minimum Gasteiger partial charge on any atom is -0.395 e. The molecule has 0 atom stereocenters. The van der Waals surface area contributed by atoms with Gasteiger partial charge in [-0.1, -0.05) is 24.1 Å². The van der Waals surface area contributed by atoms with Crippen LogP contribution in [0.15, 0.2) is 29.2 Å². The van der Waals surface area contributed by atoms with Gasteiger partial charge < -0.3 is 5.11 Å². The Bertz CT molecular complexity index is 486. The summed E-state index contributed by atoms with van der Waals surface area (Å²) in [4.78, 5) is 0.203. The largest absolute Gasteiger partial charge is 0.395 e. The predicted octanol–water partition coefficient (Wildman–Crippen LogP) is 2.03. The molecular formula is C11H13ClO3S. The lowest BCUT2D eigenvalue weighted by Gasteiger charge is -2.39. The summed E-state index contributed by atoms with van der Waals surface area (Å²) in [7, 11) is -3.47. The van der Waals surface area contributed by atoms with E-state index in [0.29, 0.717) is 17.9 Å². The van der Waals surface area contributed by atoms with Gasteiger partial charge in [-0.2, -0.15) is 0 Å². The van der Waals surface area contributed by atoms with Crippen LogP contribution >= 0.6 is 11.6 Å². The smallest absolute Gasteiger partial charge is 0.186 e. The van der Waals surface area contributed by atoms with Crippen molar-refractivity contribution in [3.8, 4) is 0 Å². The van der Waals surface area contributed by atoms with Gasteiger partial charge in [0.05, 0.1) is 16.2 Å². The van der Waals surface area contributed by atoms with Gasteiger partial charge >= 0.3 is 0 Å². The zero-order valence-electron chi connectivity index (χ0n) is 8.69. The van der Waals surface area contributed by atoms with Gasteiger partial charge in [0.15, 0.2) is 9.84 Å². The molecule has 16 heavy (non-hydrogen) atoms. The van der Waals surface area contributed by atoms with Crippen molar-refractivity contribution in [1.82, 2.24) is 0 Å². The van der Waals surface area contributed by atoms with Crippen molar-refractivity contribution < 1.29 is 13.5 Å². The summed E-state index contributed by atoms with van der Waals surface area (Å²) in [5.41, 5.74) is 0. The number of aliphatic hydroxyl groups excluding tert-OH is 1. The van der Waals surface area contributed by atoms with Crippen LogP contribution in [-0.4, -0.2) is 24.9 Å². The normalized spacial score (nSPS) is 19.1. The van der Waals surface area contributed by atoms with Gasteiger partial charge in [0, 0.05) is 5.02 Å². The number of benzene rings is 1. The van der Waals surface area contributed by atoms with Crippen molar-refractivity contribution in [1.29, 1.82) is 0 Å². The highest BCUT2D eigenvalue weighted by Gasteiger charge is 2.49. The van der Waals surface area contributed by atoms with E-state index in [-0.39, 0.29) is 11.5 Å². The molecule has 0 bridgehead atoms. The number of halogens is 1. The second-order valence-electron chi connectivity index (χ2n) is 4.16. The van der Waals surface area contributed by atoms with Gasteiger partial charge in [0.2, 0.25) is 0 Å². The van der Waals surface area contributed by atoms with Crippen LogP contribution in [0.5, 0.6) is 0 Å². The molecule has 1 fully saturated rings. The van der Waals surface area contributed by atoms with Crippen LogP contribution in [0.1, 0.15) is 19.3 Å². The summed E-state index contributed by atoms with van der Waals surface area (Å²) < 4.78 is 23.6. The van der Waals surface area contributed by atoms with Gasteiger partial charge in [0.25, 0.3) is 0 Å². The number of rotatable bonds is 3. The molecule has 1 aliphatic rings. The summed E-state index contributed by atoms with van der Waals surface area (Å²) in [6, 6.07) is 6.20. The molecule has 3 nitrogen and oxygen atoms in total. The Labute approximate surface area is 100.0 Å². The molecule has 1 N–H and O–H groups in total. The van der Waals surface area contributed by atoms with Crippen molar-refractivity contribution in [3.63, 3.8) is 0 Å². The molecular weight excluding hydrogens is 248 g/mol. The topological polar surface area (TPSA) is 54.4 Å². The molecule has 0 unspecified atom stereocenters. The van der Waals surface area contributed by atoms with E-state index in [1.165, 1.54) is 12.1 Å². The first-order chi connectivity index (χ1) is 7.52. The van der Waals surface area contributed by atoms with Gasteiger partial charge in [-0.15, -0.1) is 0 Å². The average Bonchev–Trinajstić information content (AvgIpc) is 2.16. The molecule has 1 aliphatic carbocycles. The van der Waals surface area contributed by atoms with Crippen molar-refractivity contribution in [3.05, 3.63) is 29.3 Å². The maximum Gasteiger partial charge on any atom is 0.186 e. The van der Waals surface area contributed by atoms with E-state index in [2.05, 4.69) is 0 Å². The highest BCUT2D eigenvalue weighted by atomic mass is 35.5. The molecule has 0 radical (unpaired) electrons. The van der Waals surface area contributed by atoms with Crippen LogP contribution in [0.3, 0.4) is 0 Å². The van der Waals surface area contributed by atoms with Gasteiger partial charge in [0.1, 0.15) is 0 Å². The van der Waals surface area contributed by atoms with Crippen LogP contribution < -0.4 is 0 Å². The quantitative estimate of drug-likeness (QED) is 0.905. The van der Waals surface area contributed by atoms with Crippen LogP contribution in [0, 0.1) is 0 Å². The molecule has 0 aliphatic heterocycles. The minimum absolute atomic E-state index is 0.203. The van der Waals surface area contributed by atoms with E-state index < -0.39 is 14.6 Å². The predicted molar refractivity (Wildman–Crippen MR) is 62.3 cm³/mol. The minimum atomic E-state index is -3.47. The SMILES string of the molecule is O=S(=O)(c1cccc(Cl)c1)C1(CO)CCC1. The lowest BCUT2D eigenvalue weighted by atomic mass is 9.85. The first kappa shape index (κ1) is 11.9. The Kier molecular flexibility index (Phi) is 2.99. The Morgan fingerprint density at radius 1 is 1.38 bits per heavy atom. The van der Waals surface area contributed by atoms with Crippen molar-refractivity contribution in [2.75, 3.05) is 6.61 Å². The van der Waals surface area contributed by atoms with E-state index >= 15 is 0 Å². The van der Waals surface area contributed by atoms with Crippen molar-refractivity contribution in [2.45, 2.75) is 28.9 Å². The van der Waals surface area contributed by atoms with Crippen LogP contribution in [-0.2, 0) is 9.84 Å². The molecule has 1 saturated carbocycles. The Morgan fingerprint density at radius 2 is 2.06 bits per heavy atom. The zero-order valence-corrected chi connectivity index (χ0v) is 10.3. The first-order valence-electron chi connectivity index (χ1n) is 5.13. The Morgan fingerprint density at radius 3 is 2.50 bits per heavy atom. The molecule has 0 heterocycles. The van der Waals surface area contributed by atoms with Crippen molar-refractivity contribution in [2.24, 2.45) is 0 Å². The highest BCUT2D eigenvalue weighted by molar-refractivity contribution is 7.93. The monoisotopic (exact) mass is 260 g/mol. The standard InChI is InChI=1S/C11H13ClO3S/c12-9-3-1-4-10(7-9)16(14,15)11(8-13)5-2-6-11/h1,3-4,7,13H,2,5-6,8H2. The molecule has 0 spiro atoms. The molecule has 2 rings (SSSR count). The number of sulfone groups is 1. The van der Waals surface area contributed by atoms with E-state index in [9.17, 15) is 13.5 Å². The van der Waals surface area contributed by atoms with Gasteiger partial charge in [-0.25, -0.2) is 8.42 Å². The van der Waals surface area contributed by atoms with Crippen LogP contribution in [0.25, 0.3) is 0 Å². The first-order valence-corrected chi connectivity index (χ1v) is 6.99. The fourth-order valence-electron chi connectivity index (χ4n) is 1.97. The molecule has 0 amide bonds. The Balaban J connectivity index is 2.47. The molecule has 0 saturated heterocycles. The molecule has 88 valence electrons. The molecule has 5 heteroatoms. The number of aliphatic hydroxyl groups is 1. The molecule has 0 aromatic heterocycles. The second kappa shape index (κ2) is 4.02. The average molecular weight is 261 g/mol. The van der Waals surface area contributed by atoms with Gasteiger partial charge in [-0.05, 0) is 31.0 Å². The fraction of sp³-hybridized carbons (Fsp3) is 0.455. The zero-order chi connectivity index (χ0) is 11.8. The third-order valence-electron chi connectivity index (χ3n) is 3.23. The number of hydrogen-bond donors (Lipinski definition) is 1. The fourth-order valence-corrected chi connectivity index (χ4v) is 4.26.